The number of nitrogens with zero attached hydrogens (tertiary/aromatic N) is 1. The zero-order valence-corrected chi connectivity index (χ0v) is 17.8. The Kier molecular flexibility index (Phi) is 5.96. The monoisotopic (exact) mass is 455 g/mol. The van der Waals surface area contributed by atoms with Crippen LogP contribution in [0.4, 0.5) is 10.8 Å². The smallest absolute Gasteiger partial charge is 0.265 e. The molecule has 9 nitrogen and oxygen atoms in total. The summed E-state index contributed by atoms with van der Waals surface area (Å²) >= 11 is 1.14. The van der Waals surface area contributed by atoms with Gasteiger partial charge < -0.3 is 9.47 Å². The Balaban J connectivity index is 1.84. The van der Waals surface area contributed by atoms with Crippen LogP contribution in [0.5, 0.6) is 11.5 Å². The fourth-order valence-corrected chi connectivity index (χ4v) is 5.39. The standard InChI is InChI=1S/C17H17N3O6S3/c1-25-13-5-8-15(26-2)16(11-13)29(23,24)19-12-3-6-14(7-4-12)28(21,22)20-17-18-9-10-27-17/h3-11,19H,1-2H3,(H,18,20). The molecule has 1 aromatic heterocycles. The van der Waals surface area contributed by atoms with Gasteiger partial charge in [0.1, 0.15) is 16.4 Å². The molecule has 154 valence electrons. The van der Waals surface area contributed by atoms with Gasteiger partial charge in [-0.2, -0.15) is 0 Å². The molecule has 2 aromatic carbocycles. The van der Waals surface area contributed by atoms with Gasteiger partial charge in [0.25, 0.3) is 20.0 Å². The lowest BCUT2D eigenvalue weighted by Crippen LogP contribution is -2.15. The predicted molar refractivity (Wildman–Crippen MR) is 110 cm³/mol. The molecule has 0 saturated carbocycles. The Morgan fingerprint density at radius 3 is 2.21 bits per heavy atom. The SMILES string of the molecule is COc1ccc(OC)c(S(=O)(=O)Nc2ccc(S(=O)(=O)Nc3nccs3)cc2)c1. The first-order valence-electron chi connectivity index (χ1n) is 8.02. The number of thiazole rings is 1. The first-order chi connectivity index (χ1) is 13.7. The van der Waals surface area contributed by atoms with Crippen LogP contribution in [-0.2, 0) is 20.0 Å². The molecule has 0 aliphatic carbocycles. The number of anilines is 2. The molecule has 0 aliphatic heterocycles. The number of hydrogen-bond donors (Lipinski definition) is 2. The zero-order valence-electron chi connectivity index (χ0n) is 15.3. The average molecular weight is 456 g/mol. The van der Waals surface area contributed by atoms with Gasteiger partial charge in [-0.3, -0.25) is 9.44 Å². The van der Waals surface area contributed by atoms with E-state index in [2.05, 4.69) is 14.4 Å². The largest absolute Gasteiger partial charge is 0.497 e. The van der Waals surface area contributed by atoms with Crippen LogP contribution in [0.2, 0.25) is 0 Å². The molecule has 0 atom stereocenters. The van der Waals surface area contributed by atoms with E-state index in [1.807, 2.05) is 0 Å². The Hall–Kier alpha value is -2.83. The van der Waals surface area contributed by atoms with Crippen molar-refractivity contribution in [3.8, 4) is 11.5 Å². The Bertz CT molecular complexity index is 1190. The maximum atomic E-state index is 12.8. The quantitative estimate of drug-likeness (QED) is 0.535. The predicted octanol–water partition coefficient (Wildman–Crippen LogP) is 2.76. The molecular formula is C17H17N3O6S3. The molecule has 12 heteroatoms. The first-order valence-corrected chi connectivity index (χ1v) is 11.9. The number of methoxy groups -OCH3 is 2. The third kappa shape index (κ3) is 4.78. The van der Waals surface area contributed by atoms with E-state index in [1.165, 1.54) is 56.8 Å². The van der Waals surface area contributed by atoms with Crippen molar-refractivity contribution in [2.75, 3.05) is 23.7 Å². The number of sulfonamides is 2. The molecule has 2 N–H and O–H groups in total. The van der Waals surface area contributed by atoms with Crippen LogP contribution >= 0.6 is 11.3 Å². The number of rotatable bonds is 8. The summed E-state index contributed by atoms with van der Waals surface area (Å²) < 4.78 is 65.2. The summed E-state index contributed by atoms with van der Waals surface area (Å²) in [5.41, 5.74) is 0.183. The molecule has 0 radical (unpaired) electrons. The van der Waals surface area contributed by atoms with Crippen molar-refractivity contribution < 1.29 is 26.3 Å². The Morgan fingerprint density at radius 2 is 1.62 bits per heavy atom. The molecule has 3 aromatic rings. The van der Waals surface area contributed by atoms with E-state index in [0.717, 1.165) is 11.3 Å². The topological polar surface area (TPSA) is 124 Å². The Morgan fingerprint density at radius 1 is 0.897 bits per heavy atom. The second kappa shape index (κ2) is 8.27. The van der Waals surface area contributed by atoms with E-state index in [0.29, 0.717) is 5.75 Å². The van der Waals surface area contributed by atoms with Crippen molar-refractivity contribution >= 4 is 42.2 Å². The maximum Gasteiger partial charge on any atom is 0.265 e. The first kappa shape index (κ1) is 20.9. The minimum atomic E-state index is -4.01. The summed E-state index contributed by atoms with van der Waals surface area (Å²) in [5, 5.41) is 1.88. The van der Waals surface area contributed by atoms with E-state index in [9.17, 15) is 16.8 Å². The lowest BCUT2D eigenvalue weighted by atomic mass is 10.3. The molecule has 0 amide bonds. The van der Waals surface area contributed by atoms with Crippen molar-refractivity contribution in [3.05, 3.63) is 54.0 Å². The highest BCUT2D eigenvalue weighted by molar-refractivity contribution is 7.93. The van der Waals surface area contributed by atoms with E-state index >= 15 is 0 Å². The van der Waals surface area contributed by atoms with Gasteiger partial charge in [0.15, 0.2) is 5.13 Å². The van der Waals surface area contributed by atoms with Gasteiger partial charge >= 0.3 is 0 Å². The molecular weight excluding hydrogens is 438 g/mol. The lowest BCUT2D eigenvalue weighted by Gasteiger charge is -2.13. The maximum absolute atomic E-state index is 12.8. The molecule has 0 bridgehead atoms. The van der Waals surface area contributed by atoms with Gasteiger partial charge in [0.2, 0.25) is 0 Å². The van der Waals surface area contributed by atoms with Crippen molar-refractivity contribution in [2.45, 2.75) is 9.79 Å². The second-order valence-electron chi connectivity index (χ2n) is 5.59. The summed E-state index contributed by atoms with van der Waals surface area (Å²) in [6.45, 7) is 0. The number of ether oxygens (including phenoxy) is 2. The van der Waals surface area contributed by atoms with Crippen LogP contribution in [0.3, 0.4) is 0 Å². The van der Waals surface area contributed by atoms with Gasteiger partial charge in [-0.1, -0.05) is 0 Å². The highest BCUT2D eigenvalue weighted by atomic mass is 32.2. The molecule has 0 spiro atoms. The van der Waals surface area contributed by atoms with Crippen molar-refractivity contribution in [3.63, 3.8) is 0 Å². The van der Waals surface area contributed by atoms with Gasteiger partial charge in [0.05, 0.1) is 19.1 Å². The van der Waals surface area contributed by atoms with Crippen LogP contribution in [0.25, 0.3) is 0 Å². The lowest BCUT2D eigenvalue weighted by molar-refractivity contribution is 0.392. The van der Waals surface area contributed by atoms with Gasteiger partial charge in [-0.15, -0.1) is 11.3 Å². The summed E-state index contributed by atoms with van der Waals surface area (Å²) in [4.78, 5) is 3.73. The third-order valence-electron chi connectivity index (χ3n) is 3.73. The number of nitrogens with one attached hydrogen (secondary N) is 2. The Labute approximate surface area is 172 Å². The summed E-state index contributed by atoms with van der Waals surface area (Å²) in [6, 6.07) is 9.66. The average Bonchev–Trinajstić information content (AvgIpc) is 3.20. The minimum absolute atomic E-state index is 0.0328. The highest BCUT2D eigenvalue weighted by Gasteiger charge is 2.21. The van der Waals surface area contributed by atoms with Crippen LogP contribution in [0.15, 0.2) is 63.8 Å². The molecule has 3 rings (SSSR count). The number of benzene rings is 2. The van der Waals surface area contributed by atoms with Crippen LogP contribution < -0.4 is 18.9 Å². The van der Waals surface area contributed by atoms with Crippen LogP contribution in [-0.4, -0.2) is 36.0 Å². The molecule has 0 fully saturated rings. The van der Waals surface area contributed by atoms with E-state index in [1.54, 1.807) is 11.4 Å². The van der Waals surface area contributed by atoms with Gasteiger partial charge in [0, 0.05) is 23.3 Å². The van der Waals surface area contributed by atoms with Crippen LogP contribution in [0, 0.1) is 0 Å². The molecule has 0 saturated heterocycles. The minimum Gasteiger partial charge on any atom is -0.497 e. The molecule has 29 heavy (non-hydrogen) atoms. The molecule has 1 heterocycles. The van der Waals surface area contributed by atoms with Crippen LogP contribution in [0.1, 0.15) is 0 Å². The van der Waals surface area contributed by atoms with Crippen molar-refractivity contribution in [1.29, 1.82) is 0 Å². The zero-order chi connectivity index (χ0) is 21.1. The van der Waals surface area contributed by atoms with Gasteiger partial charge in [-0.25, -0.2) is 21.8 Å². The second-order valence-corrected chi connectivity index (χ2v) is 9.82. The normalized spacial score (nSPS) is 11.7. The van der Waals surface area contributed by atoms with Gasteiger partial charge in [-0.05, 0) is 36.4 Å². The molecule has 0 unspecified atom stereocenters. The number of hydrogen-bond acceptors (Lipinski definition) is 8. The van der Waals surface area contributed by atoms with Crippen molar-refractivity contribution in [1.82, 2.24) is 4.98 Å². The van der Waals surface area contributed by atoms with E-state index in [4.69, 9.17) is 9.47 Å². The van der Waals surface area contributed by atoms with Crippen molar-refractivity contribution in [2.24, 2.45) is 0 Å². The van der Waals surface area contributed by atoms with E-state index < -0.39 is 20.0 Å². The highest BCUT2D eigenvalue weighted by Crippen LogP contribution is 2.30. The fourth-order valence-electron chi connectivity index (χ4n) is 2.35. The summed E-state index contributed by atoms with van der Waals surface area (Å²) in [5.74, 6) is 0.492. The van der Waals surface area contributed by atoms with E-state index in [-0.39, 0.29) is 26.4 Å². The fraction of sp³-hybridized carbons (Fsp3) is 0.118. The summed E-state index contributed by atoms with van der Waals surface area (Å²) in [7, 11) is -5.06. The number of aromatic nitrogens is 1. The summed E-state index contributed by atoms with van der Waals surface area (Å²) in [6.07, 6.45) is 1.48. The molecule has 0 aliphatic rings. The third-order valence-corrected chi connectivity index (χ3v) is 7.31.